The van der Waals surface area contributed by atoms with Gasteiger partial charge < -0.3 is 15.3 Å². The minimum absolute atomic E-state index is 0.00807. The van der Waals surface area contributed by atoms with Crippen molar-refractivity contribution in [3.8, 4) is 0 Å². The lowest BCUT2D eigenvalue weighted by atomic mass is 10.1. The Hall–Kier alpha value is -2.87. The topological polar surface area (TPSA) is 102 Å². The molecule has 0 unspecified atom stereocenters. The molecule has 2 heterocycles. The third-order valence-electron chi connectivity index (χ3n) is 4.55. The molecule has 8 heteroatoms. The molecule has 1 aromatic heterocycles. The fourth-order valence-electron chi connectivity index (χ4n) is 3.00. The average Bonchev–Trinajstić information content (AvgIpc) is 2.63. The van der Waals surface area contributed by atoms with Gasteiger partial charge in [0.15, 0.2) is 0 Å². The Kier molecular flexibility index (Phi) is 5.52. The van der Waals surface area contributed by atoms with E-state index in [0.717, 1.165) is 25.2 Å². The molecule has 1 aromatic carbocycles. The van der Waals surface area contributed by atoms with Gasteiger partial charge in [0.05, 0.1) is 6.04 Å². The number of rotatable bonds is 5. The van der Waals surface area contributed by atoms with Crippen LogP contribution in [0.4, 0.5) is 10.7 Å². The highest BCUT2D eigenvalue weighted by Gasteiger charge is 2.20. The van der Waals surface area contributed by atoms with Crippen LogP contribution in [0.15, 0.2) is 41.3 Å². The van der Waals surface area contributed by atoms with Crippen LogP contribution in [-0.4, -0.2) is 57.1 Å². The predicted molar refractivity (Wildman–Crippen MR) is 98.2 cm³/mol. The highest BCUT2D eigenvalue weighted by Crippen LogP contribution is 2.18. The van der Waals surface area contributed by atoms with Crippen molar-refractivity contribution < 1.29 is 9.90 Å². The monoisotopic (exact) mass is 357 g/mol. The Balaban J connectivity index is 1.55. The van der Waals surface area contributed by atoms with Gasteiger partial charge in [-0.2, -0.15) is 0 Å². The summed E-state index contributed by atoms with van der Waals surface area (Å²) in [6.45, 7) is 5.42. The van der Waals surface area contributed by atoms with Crippen LogP contribution in [0.1, 0.15) is 24.1 Å². The van der Waals surface area contributed by atoms with Gasteiger partial charge in [-0.1, -0.05) is 24.3 Å². The quantitative estimate of drug-likeness (QED) is 0.753. The number of hydrogen-bond acceptors (Lipinski definition) is 5. The lowest BCUT2D eigenvalue weighted by molar-refractivity contribution is 0.103. The van der Waals surface area contributed by atoms with E-state index in [2.05, 4.69) is 44.5 Å². The van der Waals surface area contributed by atoms with Crippen molar-refractivity contribution in [3.63, 3.8) is 0 Å². The number of piperazine rings is 1. The molecule has 1 aliphatic rings. The molecule has 2 aromatic rings. The third kappa shape index (κ3) is 4.60. The van der Waals surface area contributed by atoms with Crippen molar-refractivity contribution in [3.05, 3.63) is 58.0 Å². The molecule has 1 atom stereocenters. The molecule has 1 fully saturated rings. The minimum Gasteiger partial charge on any atom is -0.465 e. The Morgan fingerprint density at radius 3 is 2.54 bits per heavy atom. The molecule has 3 rings (SSSR count). The molecule has 0 radical (unpaired) electrons. The van der Waals surface area contributed by atoms with Gasteiger partial charge in [-0.25, -0.2) is 9.78 Å². The lowest BCUT2D eigenvalue weighted by Gasteiger charge is -2.33. The summed E-state index contributed by atoms with van der Waals surface area (Å²) < 4.78 is 0. The SMILES string of the molecule is C[C@H](Nc1nccc(=O)[nH]1)c1ccc(CN2CCN(C(=O)O)CC2)cc1. The first kappa shape index (κ1) is 17.9. The van der Waals surface area contributed by atoms with Crippen LogP contribution in [-0.2, 0) is 6.54 Å². The van der Waals surface area contributed by atoms with Gasteiger partial charge in [0.2, 0.25) is 5.95 Å². The van der Waals surface area contributed by atoms with Gasteiger partial charge in [-0.3, -0.25) is 14.7 Å². The van der Waals surface area contributed by atoms with Gasteiger partial charge in [0.25, 0.3) is 5.56 Å². The number of nitrogens with one attached hydrogen (secondary N) is 2. The predicted octanol–water partition coefficient (Wildman–Crippen LogP) is 1.74. The smallest absolute Gasteiger partial charge is 0.407 e. The number of aromatic nitrogens is 2. The zero-order valence-corrected chi connectivity index (χ0v) is 14.7. The maximum absolute atomic E-state index is 11.3. The van der Waals surface area contributed by atoms with Crippen molar-refractivity contribution in [1.29, 1.82) is 0 Å². The summed E-state index contributed by atoms with van der Waals surface area (Å²) in [5, 5.41) is 12.2. The fraction of sp³-hybridized carbons (Fsp3) is 0.389. The summed E-state index contributed by atoms with van der Waals surface area (Å²) in [5.41, 5.74) is 2.10. The van der Waals surface area contributed by atoms with Crippen LogP contribution in [0.2, 0.25) is 0 Å². The zero-order valence-electron chi connectivity index (χ0n) is 14.7. The van der Waals surface area contributed by atoms with Crippen LogP contribution in [0.3, 0.4) is 0 Å². The standard InChI is InChI=1S/C18H23N5O3/c1-13(20-17-19-7-6-16(24)21-17)15-4-2-14(3-5-15)12-22-8-10-23(11-9-22)18(25)26/h2-7,13H,8-12H2,1H3,(H,25,26)(H2,19,20,21,24)/t13-/m0/s1. The molecule has 0 aliphatic carbocycles. The molecule has 138 valence electrons. The second-order valence-corrected chi connectivity index (χ2v) is 6.44. The van der Waals surface area contributed by atoms with E-state index >= 15 is 0 Å². The molecule has 0 spiro atoms. The van der Waals surface area contributed by atoms with Crippen molar-refractivity contribution in [2.75, 3.05) is 31.5 Å². The second-order valence-electron chi connectivity index (χ2n) is 6.44. The number of anilines is 1. The Morgan fingerprint density at radius 1 is 1.23 bits per heavy atom. The summed E-state index contributed by atoms with van der Waals surface area (Å²) in [5.74, 6) is 0.449. The van der Waals surface area contributed by atoms with E-state index in [4.69, 9.17) is 5.11 Å². The van der Waals surface area contributed by atoms with Gasteiger partial charge in [0, 0.05) is 45.0 Å². The molecule has 8 nitrogen and oxygen atoms in total. The minimum atomic E-state index is -0.843. The van der Waals surface area contributed by atoms with Gasteiger partial charge in [0.1, 0.15) is 0 Å². The van der Waals surface area contributed by atoms with Gasteiger partial charge in [-0.15, -0.1) is 0 Å². The van der Waals surface area contributed by atoms with Crippen LogP contribution >= 0.6 is 0 Å². The summed E-state index contributed by atoms with van der Waals surface area (Å²) in [7, 11) is 0. The largest absolute Gasteiger partial charge is 0.465 e. The zero-order chi connectivity index (χ0) is 18.5. The first-order chi connectivity index (χ1) is 12.5. The number of hydrogen-bond donors (Lipinski definition) is 3. The van der Waals surface area contributed by atoms with Crippen molar-refractivity contribution in [2.24, 2.45) is 0 Å². The number of nitrogens with zero attached hydrogens (tertiary/aromatic N) is 3. The Bertz CT molecular complexity index is 797. The maximum Gasteiger partial charge on any atom is 0.407 e. The average molecular weight is 357 g/mol. The number of amides is 1. The molecule has 3 N–H and O–H groups in total. The normalized spacial score (nSPS) is 16.3. The number of H-pyrrole nitrogens is 1. The molecule has 1 amide bonds. The van der Waals surface area contributed by atoms with Crippen LogP contribution in [0, 0.1) is 0 Å². The molecular formula is C18H23N5O3. The third-order valence-corrected chi connectivity index (χ3v) is 4.55. The Labute approximate surface area is 151 Å². The van der Waals surface area contributed by atoms with Crippen LogP contribution in [0.5, 0.6) is 0 Å². The van der Waals surface area contributed by atoms with E-state index in [1.807, 2.05) is 6.92 Å². The van der Waals surface area contributed by atoms with Crippen molar-refractivity contribution in [2.45, 2.75) is 19.5 Å². The van der Waals surface area contributed by atoms with E-state index in [-0.39, 0.29) is 11.6 Å². The first-order valence-electron chi connectivity index (χ1n) is 8.62. The lowest BCUT2D eigenvalue weighted by Crippen LogP contribution is -2.47. The number of aromatic amines is 1. The Morgan fingerprint density at radius 2 is 1.92 bits per heavy atom. The number of benzene rings is 1. The summed E-state index contributed by atoms with van der Waals surface area (Å²) in [6, 6.07) is 9.66. The van der Waals surface area contributed by atoms with Gasteiger partial charge in [-0.05, 0) is 18.1 Å². The molecule has 1 aliphatic heterocycles. The summed E-state index contributed by atoms with van der Waals surface area (Å²) in [6.07, 6.45) is 0.630. The molecule has 26 heavy (non-hydrogen) atoms. The first-order valence-corrected chi connectivity index (χ1v) is 8.62. The van der Waals surface area contributed by atoms with Crippen LogP contribution < -0.4 is 10.9 Å². The van der Waals surface area contributed by atoms with E-state index in [1.54, 1.807) is 0 Å². The number of carbonyl (C=O) groups is 1. The maximum atomic E-state index is 11.3. The highest BCUT2D eigenvalue weighted by atomic mass is 16.4. The van der Waals surface area contributed by atoms with Crippen molar-refractivity contribution in [1.82, 2.24) is 19.8 Å². The number of carboxylic acid groups (broad SMARTS) is 1. The van der Waals surface area contributed by atoms with E-state index in [1.165, 1.54) is 22.7 Å². The fourth-order valence-corrected chi connectivity index (χ4v) is 3.00. The summed E-state index contributed by atoms with van der Waals surface area (Å²) >= 11 is 0. The van der Waals surface area contributed by atoms with E-state index < -0.39 is 6.09 Å². The van der Waals surface area contributed by atoms with Crippen molar-refractivity contribution >= 4 is 12.0 Å². The highest BCUT2D eigenvalue weighted by molar-refractivity contribution is 5.65. The molecule has 0 bridgehead atoms. The molecular weight excluding hydrogens is 334 g/mol. The molecule has 1 saturated heterocycles. The summed E-state index contributed by atoms with van der Waals surface area (Å²) in [4.78, 5) is 32.7. The second kappa shape index (κ2) is 8.01. The molecule has 0 saturated carbocycles. The van der Waals surface area contributed by atoms with Gasteiger partial charge >= 0.3 is 6.09 Å². The van der Waals surface area contributed by atoms with E-state index in [9.17, 15) is 9.59 Å². The van der Waals surface area contributed by atoms with E-state index in [0.29, 0.717) is 19.0 Å². The van der Waals surface area contributed by atoms with Crippen LogP contribution in [0.25, 0.3) is 0 Å².